The van der Waals surface area contributed by atoms with Gasteiger partial charge in [0.15, 0.2) is 0 Å². The van der Waals surface area contributed by atoms with Crippen LogP contribution < -0.4 is 4.90 Å². The van der Waals surface area contributed by atoms with E-state index in [0.29, 0.717) is 22.0 Å². The van der Waals surface area contributed by atoms with Gasteiger partial charge in [-0.05, 0) is 53.6 Å². The molecule has 3 aromatic carbocycles. The van der Waals surface area contributed by atoms with Gasteiger partial charge >= 0.3 is 5.97 Å². The molecule has 4 nitrogen and oxygen atoms in total. The molecule has 1 aliphatic heterocycles. The molecule has 1 amide bonds. The molecule has 30 heavy (non-hydrogen) atoms. The lowest BCUT2D eigenvalue weighted by atomic mass is 10.1. The van der Waals surface area contributed by atoms with E-state index >= 15 is 0 Å². The second-order valence-corrected chi connectivity index (χ2v) is 7.50. The van der Waals surface area contributed by atoms with E-state index in [1.165, 1.54) is 17.0 Å². The lowest BCUT2D eigenvalue weighted by Gasteiger charge is -2.21. The van der Waals surface area contributed by atoms with Gasteiger partial charge in [0.25, 0.3) is 5.91 Å². The van der Waals surface area contributed by atoms with Gasteiger partial charge in [-0.3, -0.25) is 9.69 Å². The molecule has 1 N–H and O–H groups in total. The van der Waals surface area contributed by atoms with Gasteiger partial charge in [-0.1, -0.05) is 65.7 Å². The lowest BCUT2D eigenvalue weighted by molar-refractivity contribution is -0.113. The van der Waals surface area contributed by atoms with Crippen molar-refractivity contribution in [2.24, 2.45) is 0 Å². The van der Waals surface area contributed by atoms with Crippen LogP contribution >= 0.6 is 23.2 Å². The molecule has 0 bridgehead atoms. The topological polar surface area (TPSA) is 57.6 Å². The van der Waals surface area contributed by atoms with Gasteiger partial charge in [0, 0.05) is 10.6 Å². The fraction of sp³-hybridized carbons (Fsp3) is 0. The van der Waals surface area contributed by atoms with Crippen LogP contribution in [0.4, 0.5) is 5.69 Å². The average Bonchev–Trinajstić information content (AvgIpc) is 3.06. The number of anilines is 1. The summed E-state index contributed by atoms with van der Waals surface area (Å²) in [7, 11) is 0. The number of carbonyl (C=O) groups excluding carboxylic acids is 1. The van der Waals surface area contributed by atoms with Crippen molar-refractivity contribution in [2.75, 3.05) is 4.90 Å². The first-order valence-electron chi connectivity index (χ1n) is 9.06. The Morgan fingerprint density at radius 1 is 0.933 bits per heavy atom. The first-order chi connectivity index (χ1) is 14.4. The van der Waals surface area contributed by atoms with Gasteiger partial charge < -0.3 is 5.11 Å². The maximum atomic E-state index is 13.3. The van der Waals surface area contributed by atoms with Crippen molar-refractivity contribution in [1.29, 1.82) is 0 Å². The minimum Gasteiger partial charge on any atom is -0.478 e. The minimum absolute atomic E-state index is 0.0192. The van der Waals surface area contributed by atoms with Crippen molar-refractivity contribution >= 4 is 52.5 Å². The van der Waals surface area contributed by atoms with Crippen LogP contribution in [0.1, 0.15) is 21.5 Å². The molecule has 0 saturated heterocycles. The molecular weight excluding hydrogens is 421 g/mol. The number of nitrogens with zero attached hydrogens (tertiary/aromatic N) is 1. The number of benzene rings is 3. The Morgan fingerprint density at radius 3 is 2.27 bits per heavy atom. The first kappa shape index (κ1) is 20.0. The van der Waals surface area contributed by atoms with Gasteiger partial charge in [0.05, 0.1) is 22.0 Å². The average molecular weight is 436 g/mol. The summed E-state index contributed by atoms with van der Waals surface area (Å²) < 4.78 is 0. The summed E-state index contributed by atoms with van der Waals surface area (Å²) in [6, 6.07) is 21.1. The van der Waals surface area contributed by atoms with Gasteiger partial charge in [0.2, 0.25) is 0 Å². The smallest absolute Gasteiger partial charge is 0.337 e. The number of rotatable bonds is 4. The first-order valence-corrected chi connectivity index (χ1v) is 9.81. The molecule has 0 unspecified atom stereocenters. The van der Waals surface area contributed by atoms with Gasteiger partial charge in [0.1, 0.15) is 0 Å². The van der Waals surface area contributed by atoms with Crippen molar-refractivity contribution in [3.8, 4) is 0 Å². The zero-order chi connectivity index (χ0) is 21.3. The summed E-state index contributed by atoms with van der Waals surface area (Å²) in [4.78, 5) is 26.1. The molecule has 148 valence electrons. The largest absolute Gasteiger partial charge is 0.478 e. The summed E-state index contributed by atoms with van der Waals surface area (Å²) in [5, 5.41) is 9.92. The predicted molar refractivity (Wildman–Crippen MR) is 120 cm³/mol. The van der Waals surface area contributed by atoms with E-state index in [0.717, 1.165) is 11.1 Å². The van der Waals surface area contributed by atoms with E-state index < -0.39 is 5.97 Å². The summed E-state index contributed by atoms with van der Waals surface area (Å²) in [6.45, 7) is 0. The maximum absolute atomic E-state index is 13.3. The number of aromatic carboxylic acids is 1. The van der Waals surface area contributed by atoms with Crippen LogP contribution in [0.5, 0.6) is 0 Å². The highest BCUT2D eigenvalue weighted by Gasteiger charge is 2.31. The third-order valence-corrected chi connectivity index (χ3v) is 5.25. The van der Waals surface area contributed by atoms with E-state index in [2.05, 4.69) is 0 Å². The Labute approximate surface area is 183 Å². The van der Waals surface area contributed by atoms with E-state index in [9.17, 15) is 14.7 Å². The molecule has 0 spiro atoms. The number of hydrogen-bond donors (Lipinski definition) is 1. The third-order valence-electron chi connectivity index (χ3n) is 4.69. The number of hydrogen-bond acceptors (Lipinski definition) is 2. The van der Waals surface area contributed by atoms with E-state index in [1.54, 1.807) is 24.3 Å². The van der Waals surface area contributed by atoms with Crippen LogP contribution in [0.25, 0.3) is 11.8 Å². The minimum atomic E-state index is -1.12. The highest BCUT2D eigenvalue weighted by atomic mass is 35.5. The van der Waals surface area contributed by atoms with E-state index in [4.69, 9.17) is 23.2 Å². The van der Waals surface area contributed by atoms with Crippen molar-refractivity contribution in [1.82, 2.24) is 0 Å². The van der Waals surface area contributed by atoms with Gasteiger partial charge in [-0.2, -0.15) is 0 Å². The molecule has 6 heteroatoms. The molecule has 0 radical (unpaired) electrons. The molecular formula is C24H15Cl2NO3. The number of carbonyl (C=O) groups is 2. The monoisotopic (exact) mass is 435 g/mol. The number of halogens is 2. The Kier molecular flexibility index (Phi) is 5.44. The number of amides is 1. The van der Waals surface area contributed by atoms with Crippen molar-refractivity contribution in [3.05, 3.63) is 111 Å². The summed E-state index contributed by atoms with van der Waals surface area (Å²) in [5.41, 5.74) is 3.34. The van der Waals surface area contributed by atoms with Crippen molar-refractivity contribution < 1.29 is 14.7 Å². The van der Waals surface area contributed by atoms with Crippen molar-refractivity contribution in [2.45, 2.75) is 0 Å². The van der Waals surface area contributed by atoms with Gasteiger partial charge in [-0.15, -0.1) is 0 Å². The predicted octanol–water partition coefficient (Wildman–Crippen LogP) is 6.16. The quantitative estimate of drug-likeness (QED) is 0.498. The van der Waals surface area contributed by atoms with Crippen LogP contribution in [0.15, 0.2) is 84.4 Å². The number of carboxylic acid groups (broad SMARTS) is 1. The van der Waals surface area contributed by atoms with Crippen LogP contribution in [-0.4, -0.2) is 17.0 Å². The SMILES string of the molecule is O=C(O)c1ccc(N2C(=O)/C(=C/c3ccc(Cl)cc3)C=C2c2ccccc2)cc1Cl. The lowest BCUT2D eigenvalue weighted by Crippen LogP contribution is -2.25. The maximum Gasteiger partial charge on any atom is 0.337 e. The highest BCUT2D eigenvalue weighted by Crippen LogP contribution is 2.36. The normalized spacial score (nSPS) is 14.9. The second kappa shape index (κ2) is 8.19. The summed E-state index contributed by atoms with van der Waals surface area (Å²) in [6.07, 6.45) is 3.60. The highest BCUT2D eigenvalue weighted by molar-refractivity contribution is 6.34. The number of carboxylic acids is 1. The fourth-order valence-electron chi connectivity index (χ4n) is 3.25. The van der Waals surface area contributed by atoms with Crippen LogP contribution in [0, 0.1) is 0 Å². The third kappa shape index (κ3) is 3.88. The van der Waals surface area contributed by atoms with Crippen LogP contribution in [0.3, 0.4) is 0 Å². The molecule has 0 atom stereocenters. The van der Waals surface area contributed by atoms with Crippen molar-refractivity contribution in [3.63, 3.8) is 0 Å². The summed E-state index contributed by atoms with van der Waals surface area (Å²) >= 11 is 12.1. The Bertz CT molecular complexity index is 1200. The Balaban J connectivity index is 1.81. The zero-order valence-corrected chi connectivity index (χ0v) is 17.1. The fourth-order valence-corrected chi connectivity index (χ4v) is 3.63. The Hall–Kier alpha value is -3.34. The van der Waals surface area contributed by atoms with E-state index in [-0.39, 0.29) is 16.5 Å². The molecule has 1 aliphatic rings. The van der Waals surface area contributed by atoms with E-state index in [1.807, 2.05) is 48.5 Å². The molecule has 4 rings (SSSR count). The summed E-state index contributed by atoms with van der Waals surface area (Å²) in [5.74, 6) is -1.36. The standard InChI is InChI=1S/C24H15Cl2NO3/c25-18-8-6-15(7-9-18)12-17-13-22(16-4-2-1-3-5-16)27(23(17)28)19-10-11-20(24(29)30)21(26)14-19/h1-14H,(H,29,30)/b17-12+. The molecule has 0 aromatic heterocycles. The zero-order valence-electron chi connectivity index (χ0n) is 15.5. The van der Waals surface area contributed by atoms with Crippen LogP contribution in [-0.2, 0) is 4.79 Å². The van der Waals surface area contributed by atoms with Crippen LogP contribution in [0.2, 0.25) is 10.0 Å². The second-order valence-electron chi connectivity index (χ2n) is 6.66. The molecule has 1 heterocycles. The molecule has 0 aliphatic carbocycles. The van der Waals surface area contributed by atoms with Gasteiger partial charge in [-0.25, -0.2) is 4.79 Å². The molecule has 0 saturated carbocycles. The molecule has 3 aromatic rings. The Morgan fingerprint density at radius 2 is 1.63 bits per heavy atom. The molecule has 0 fully saturated rings.